The lowest BCUT2D eigenvalue weighted by atomic mass is 9.94. The summed E-state index contributed by atoms with van der Waals surface area (Å²) in [6.45, 7) is 1.98. The van der Waals surface area contributed by atoms with Crippen LogP contribution in [0.5, 0.6) is 0 Å². The van der Waals surface area contributed by atoms with Crippen molar-refractivity contribution in [3.63, 3.8) is 0 Å². The number of nitrogens with zero attached hydrogens (tertiary/aromatic N) is 1. The summed E-state index contributed by atoms with van der Waals surface area (Å²) in [5.41, 5.74) is 0.200. The zero-order valence-corrected chi connectivity index (χ0v) is 8.80. The van der Waals surface area contributed by atoms with E-state index in [2.05, 4.69) is 0 Å². The summed E-state index contributed by atoms with van der Waals surface area (Å²) in [6, 6.07) is 0.0936. The Balaban J connectivity index is 2.42. The van der Waals surface area contributed by atoms with Gasteiger partial charge in [-0.15, -0.1) is 11.8 Å². The minimum atomic E-state index is -0.989. The van der Waals surface area contributed by atoms with Gasteiger partial charge in [0, 0.05) is 17.2 Å². The van der Waals surface area contributed by atoms with E-state index in [0.29, 0.717) is 6.42 Å². The van der Waals surface area contributed by atoms with Gasteiger partial charge in [-0.25, -0.2) is 4.79 Å². The molecule has 0 saturated carbocycles. The predicted molar refractivity (Wildman–Crippen MR) is 52.6 cm³/mol. The van der Waals surface area contributed by atoms with Crippen molar-refractivity contribution in [1.82, 2.24) is 4.90 Å². The second-order valence-corrected chi connectivity index (χ2v) is 4.39. The van der Waals surface area contributed by atoms with Crippen LogP contribution >= 0.6 is 11.8 Å². The van der Waals surface area contributed by atoms with Crippen LogP contribution in [0.1, 0.15) is 13.3 Å². The number of carbonyl (C=O) groups excluding carboxylic acids is 1. The molecular weight excluding hydrogens is 202 g/mol. The Morgan fingerprint density at radius 1 is 1.64 bits per heavy atom. The van der Waals surface area contributed by atoms with Crippen molar-refractivity contribution < 1.29 is 14.7 Å². The second-order valence-electron chi connectivity index (χ2n) is 3.55. The van der Waals surface area contributed by atoms with Crippen LogP contribution in [0.4, 0.5) is 0 Å². The molecule has 4 nitrogen and oxygen atoms in total. The Morgan fingerprint density at radius 3 is 2.71 bits per heavy atom. The van der Waals surface area contributed by atoms with Gasteiger partial charge in [0.25, 0.3) is 0 Å². The molecule has 2 aliphatic rings. The van der Waals surface area contributed by atoms with Crippen LogP contribution in [0, 0.1) is 5.92 Å². The average molecular weight is 213 g/mol. The van der Waals surface area contributed by atoms with Crippen LogP contribution in [0.15, 0.2) is 10.6 Å². The summed E-state index contributed by atoms with van der Waals surface area (Å²) in [4.78, 5) is 24.5. The van der Waals surface area contributed by atoms with Gasteiger partial charge in [0.2, 0.25) is 5.91 Å². The number of hydrogen-bond acceptors (Lipinski definition) is 3. The van der Waals surface area contributed by atoms with E-state index in [1.54, 1.807) is 0 Å². The van der Waals surface area contributed by atoms with Gasteiger partial charge in [0.15, 0.2) is 0 Å². The summed E-state index contributed by atoms with van der Waals surface area (Å²) in [5, 5.41) is 9.01. The van der Waals surface area contributed by atoms with Crippen molar-refractivity contribution in [2.24, 2.45) is 5.92 Å². The molecule has 2 rings (SSSR count). The van der Waals surface area contributed by atoms with Gasteiger partial charge in [-0.1, -0.05) is 6.92 Å². The molecule has 1 unspecified atom stereocenters. The molecule has 1 fully saturated rings. The molecule has 2 aliphatic heterocycles. The number of rotatable bonds is 2. The number of hydrogen-bond donors (Lipinski definition) is 1. The molecule has 2 heterocycles. The monoisotopic (exact) mass is 213 g/mol. The number of carbonyl (C=O) groups is 2. The molecule has 0 radical (unpaired) electrons. The van der Waals surface area contributed by atoms with Gasteiger partial charge in [-0.05, 0) is 6.26 Å². The third-order valence-electron chi connectivity index (χ3n) is 2.87. The first kappa shape index (κ1) is 9.58. The Kier molecular flexibility index (Phi) is 2.06. The largest absolute Gasteiger partial charge is 0.477 e. The van der Waals surface area contributed by atoms with Crippen LogP contribution in [-0.2, 0) is 9.59 Å². The van der Waals surface area contributed by atoms with E-state index in [1.807, 2.05) is 13.2 Å². The number of carboxylic acids is 1. The van der Waals surface area contributed by atoms with Crippen LogP contribution < -0.4 is 0 Å². The molecule has 1 amide bonds. The van der Waals surface area contributed by atoms with E-state index in [0.717, 1.165) is 4.91 Å². The maximum absolute atomic E-state index is 11.3. The van der Waals surface area contributed by atoms with Crippen LogP contribution in [0.3, 0.4) is 0 Å². The van der Waals surface area contributed by atoms with Gasteiger partial charge in [-0.2, -0.15) is 0 Å². The van der Waals surface area contributed by atoms with Crippen molar-refractivity contribution in [2.75, 3.05) is 6.26 Å². The minimum Gasteiger partial charge on any atom is -0.477 e. The first-order valence-corrected chi connectivity index (χ1v) is 5.64. The number of amides is 1. The minimum absolute atomic E-state index is 0.0664. The molecule has 0 aromatic heterocycles. The quantitative estimate of drug-likeness (QED) is 0.692. The number of aliphatic carboxylic acids is 1. The highest BCUT2D eigenvalue weighted by Gasteiger charge is 2.51. The smallest absolute Gasteiger partial charge is 0.353 e. The van der Waals surface area contributed by atoms with E-state index in [1.165, 1.54) is 16.7 Å². The third kappa shape index (κ3) is 1.02. The molecule has 1 saturated heterocycles. The molecule has 76 valence electrons. The first-order chi connectivity index (χ1) is 6.57. The fourth-order valence-electron chi connectivity index (χ4n) is 2.13. The molecule has 14 heavy (non-hydrogen) atoms. The highest BCUT2D eigenvalue weighted by Crippen LogP contribution is 2.45. The molecule has 5 heteroatoms. The van der Waals surface area contributed by atoms with Crippen molar-refractivity contribution in [1.29, 1.82) is 0 Å². The van der Waals surface area contributed by atoms with Crippen LogP contribution in [-0.4, -0.2) is 34.2 Å². The maximum atomic E-state index is 11.3. The third-order valence-corrected chi connectivity index (χ3v) is 3.88. The average Bonchev–Trinajstić information content (AvgIpc) is 2.34. The van der Waals surface area contributed by atoms with Gasteiger partial charge >= 0.3 is 5.97 Å². The number of thioether (sulfide) groups is 1. The fourth-order valence-corrected chi connectivity index (χ4v) is 3.04. The molecule has 1 N–H and O–H groups in total. The summed E-state index contributed by atoms with van der Waals surface area (Å²) < 4.78 is 0. The Bertz CT molecular complexity index is 350. The SMILES string of the molecule is CSC1=C(C(=O)O)N2C(=O)CC2[C@H]1C. The predicted octanol–water partition coefficient (Wildman–Crippen LogP) is 0.896. The second kappa shape index (κ2) is 3.02. The van der Waals surface area contributed by atoms with E-state index in [-0.39, 0.29) is 23.6 Å². The lowest BCUT2D eigenvalue weighted by Gasteiger charge is -2.37. The molecule has 0 bridgehead atoms. The zero-order chi connectivity index (χ0) is 10.5. The molecular formula is C9H11NO3S. The van der Waals surface area contributed by atoms with Gasteiger partial charge in [0.05, 0.1) is 6.04 Å². The summed E-state index contributed by atoms with van der Waals surface area (Å²) >= 11 is 1.43. The first-order valence-electron chi connectivity index (χ1n) is 4.41. The molecule has 0 aromatic rings. The summed E-state index contributed by atoms with van der Waals surface area (Å²) in [7, 11) is 0. The van der Waals surface area contributed by atoms with Crippen molar-refractivity contribution in [3.05, 3.63) is 10.6 Å². The molecule has 0 spiro atoms. The molecule has 0 aliphatic carbocycles. The van der Waals surface area contributed by atoms with Crippen molar-refractivity contribution >= 4 is 23.6 Å². The lowest BCUT2D eigenvalue weighted by Crippen LogP contribution is -2.51. The molecule has 0 aromatic carbocycles. The van der Waals surface area contributed by atoms with Crippen molar-refractivity contribution in [2.45, 2.75) is 19.4 Å². The summed E-state index contributed by atoms with van der Waals surface area (Å²) in [6.07, 6.45) is 2.34. The highest BCUT2D eigenvalue weighted by atomic mass is 32.2. The summed E-state index contributed by atoms with van der Waals surface area (Å²) in [5.74, 6) is -0.881. The van der Waals surface area contributed by atoms with E-state index >= 15 is 0 Å². The number of fused-ring (bicyclic) bond motifs is 1. The topological polar surface area (TPSA) is 57.6 Å². The van der Waals surface area contributed by atoms with Crippen LogP contribution in [0.25, 0.3) is 0 Å². The number of carboxylic acid groups (broad SMARTS) is 1. The Labute approximate surface area is 86.0 Å². The number of β-lactam (4-membered cyclic amide) rings is 1. The van der Waals surface area contributed by atoms with Crippen molar-refractivity contribution in [3.8, 4) is 0 Å². The Morgan fingerprint density at radius 2 is 2.29 bits per heavy atom. The van der Waals surface area contributed by atoms with Gasteiger partial charge in [-0.3, -0.25) is 4.79 Å². The van der Waals surface area contributed by atoms with Gasteiger partial charge < -0.3 is 10.0 Å². The van der Waals surface area contributed by atoms with E-state index < -0.39 is 5.97 Å². The van der Waals surface area contributed by atoms with E-state index in [4.69, 9.17) is 5.11 Å². The lowest BCUT2D eigenvalue weighted by molar-refractivity contribution is -0.148. The Hall–Kier alpha value is -0.970. The highest BCUT2D eigenvalue weighted by molar-refractivity contribution is 8.02. The maximum Gasteiger partial charge on any atom is 0.353 e. The molecule has 2 atom stereocenters. The standard InChI is InChI=1S/C9H11NO3S/c1-4-5-3-6(11)10(5)7(9(12)13)8(4)14-2/h4-5H,3H2,1-2H3,(H,12,13)/t4-,5?/m1/s1. The van der Waals surface area contributed by atoms with Gasteiger partial charge in [0.1, 0.15) is 5.70 Å². The fraction of sp³-hybridized carbons (Fsp3) is 0.556. The normalized spacial score (nSPS) is 30.4. The van der Waals surface area contributed by atoms with Crippen LogP contribution in [0.2, 0.25) is 0 Å². The zero-order valence-electron chi connectivity index (χ0n) is 7.98. The van der Waals surface area contributed by atoms with E-state index in [9.17, 15) is 9.59 Å².